The van der Waals surface area contributed by atoms with Crippen molar-refractivity contribution in [1.29, 1.82) is 0 Å². The summed E-state index contributed by atoms with van der Waals surface area (Å²) in [5.74, 6) is 0.941. The zero-order valence-corrected chi connectivity index (χ0v) is 15.0. The molecule has 0 bridgehead atoms. The van der Waals surface area contributed by atoms with Gasteiger partial charge in [0.2, 0.25) is 0 Å². The Labute approximate surface area is 158 Å². The van der Waals surface area contributed by atoms with Crippen molar-refractivity contribution in [3.05, 3.63) is 114 Å². The van der Waals surface area contributed by atoms with Gasteiger partial charge in [0.1, 0.15) is 11.4 Å². The van der Waals surface area contributed by atoms with Crippen molar-refractivity contribution < 1.29 is 14.3 Å². The summed E-state index contributed by atoms with van der Waals surface area (Å²) in [5.41, 5.74) is 1.66. The molecular formula is C24H20O3. The van der Waals surface area contributed by atoms with Crippen molar-refractivity contribution in [2.24, 2.45) is 0 Å². The minimum absolute atomic E-state index is 0.356. The van der Waals surface area contributed by atoms with Crippen LogP contribution in [0, 0.1) is 0 Å². The Morgan fingerprint density at radius 1 is 0.741 bits per heavy atom. The van der Waals surface area contributed by atoms with Crippen molar-refractivity contribution in [3.8, 4) is 17.3 Å². The molecule has 0 aliphatic rings. The Kier molecular flexibility index (Phi) is 4.53. The zero-order chi connectivity index (χ0) is 18.7. The van der Waals surface area contributed by atoms with Gasteiger partial charge in [-0.2, -0.15) is 0 Å². The van der Waals surface area contributed by atoms with E-state index in [1.54, 1.807) is 13.2 Å². The molecular weight excluding hydrogens is 336 g/mol. The highest BCUT2D eigenvalue weighted by atomic mass is 16.6. The number of hydrogen-bond acceptors (Lipinski definition) is 3. The fourth-order valence-corrected chi connectivity index (χ4v) is 3.38. The largest absolute Gasteiger partial charge is 0.468 e. The van der Waals surface area contributed by atoms with Crippen LogP contribution >= 0.6 is 0 Å². The lowest BCUT2D eigenvalue weighted by molar-refractivity contribution is 0.126. The first-order chi connectivity index (χ1) is 13.2. The summed E-state index contributed by atoms with van der Waals surface area (Å²) in [6, 6.07) is 30.7. The lowest BCUT2D eigenvalue weighted by Crippen LogP contribution is -2.28. The molecule has 27 heavy (non-hydrogen) atoms. The molecule has 0 fully saturated rings. The van der Waals surface area contributed by atoms with Crippen molar-refractivity contribution in [3.63, 3.8) is 0 Å². The van der Waals surface area contributed by atoms with Crippen molar-refractivity contribution in [1.82, 2.24) is 0 Å². The van der Waals surface area contributed by atoms with E-state index in [9.17, 15) is 5.11 Å². The van der Waals surface area contributed by atoms with Gasteiger partial charge in [-0.1, -0.05) is 91.0 Å². The van der Waals surface area contributed by atoms with Gasteiger partial charge in [-0.15, -0.1) is 0 Å². The third kappa shape index (κ3) is 3.03. The van der Waals surface area contributed by atoms with E-state index in [-0.39, 0.29) is 0 Å². The average molecular weight is 356 g/mol. The summed E-state index contributed by atoms with van der Waals surface area (Å²) < 4.78 is 11.3. The van der Waals surface area contributed by atoms with Crippen LogP contribution in [0.3, 0.4) is 0 Å². The second kappa shape index (κ2) is 7.14. The predicted octanol–water partition coefficient (Wildman–Crippen LogP) is 5.24. The van der Waals surface area contributed by atoms with Crippen LogP contribution in [0.1, 0.15) is 16.7 Å². The van der Waals surface area contributed by atoms with E-state index in [0.29, 0.717) is 17.3 Å². The predicted molar refractivity (Wildman–Crippen MR) is 106 cm³/mol. The molecule has 1 aromatic heterocycles. The fraction of sp³-hybridized carbons (Fsp3) is 0.0833. The SMILES string of the molecule is COc1cc(C(O)(c2ccccc2)c2ccccc2)c(-c2ccccc2)o1. The number of methoxy groups -OCH3 is 1. The molecule has 0 aliphatic heterocycles. The normalized spacial score (nSPS) is 11.3. The van der Waals surface area contributed by atoms with Gasteiger partial charge in [0, 0.05) is 17.2 Å². The Hall–Kier alpha value is -3.30. The Morgan fingerprint density at radius 2 is 1.22 bits per heavy atom. The molecule has 0 radical (unpaired) electrons. The molecule has 0 aliphatic carbocycles. The van der Waals surface area contributed by atoms with E-state index in [1.807, 2.05) is 91.0 Å². The van der Waals surface area contributed by atoms with Gasteiger partial charge in [0.05, 0.1) is 7.11 Å². The first-order valence-electron chi connectivity index (χ1n) is 8.80. The number of hydrogen-bond donors (Lipinski definition) is 1. The monoisotopic (exact) mass is 356 g/mol. The van der Waals surface area contributed by atoms with Crippen molar-refractivity contribution in [2.45, 2.75) is 5.60 Å². The van der Waals surface area contributed by atoms with Crippen LogP contribution in [-0.2, 0) is 5.60 Å². The summed E-state index contributed by atoms with van der Waals surface area (Å²) >= 11 is 0. The Balaban J connectivity index is 2.01. The number of ether oxygens (including phenoxy) is 1. The van der Waals surface area contributed by atoms with E-state index in [0.717, 1.165) is 16.7 Å². The highest BCUT2D eigenvalue weighted by Crippen LogP contribution is 2.44. The van der Waals surface area contributed by atoms with Gasteiger partial charge in [0.25, 0.3) is 5.95 Å². The number of furan rings is 1. The van der Waals surface area contributed by atoms with E-state index >= 15 is 0 Å². The summed E-state index contributed by atoms with van der Waals surface area (Å²) in [5, 5.41) is 12.1. The highest BCUT2D eigenvalue weighted by Gasteiger charge is 2.38. The molecule has 1 heterocycles. The van der Waals surface area contributed by atoms with Crippen LogP contribution in [0.25, 0.3) is 11.3 Å². The molecule has 134 valence electrons. The molecule has 0 atom stereocenters. The molecule has 3 heteroatoms. The first kappa shape index (κ1) is 17.1. The summed E-state index contributed by atoms with van der Waals surface area (Å²) in [6.45, 7) is 0. The van der Waals surface area contributed by atoms with Crippen molar-refractivity contribution in [2.75, 3.05) is 7.11 Å². The van der Waals surface area contributed by atoms with E-state index in [2.05, 4.69) is 0 Å². The molecule has 4 rings (SSSR count). The minimum atomic E-state index is -1.38. The number of rotatable bonds is 5. The third-order valence-corrected chi connectivity index (χ3v) is 4.72. The van der Waals surface area contributed by atoms with Crippen LogP contribution in [0.2, 0.25) is 0 Å². The Bertz CT molecular complexity index is 966. The molecule has 0 spiro atoms. The lowest BCUT2D eigenvalue weighted by Gasteiger charge is -2.29. The second-order valence-corrected chi connectivity index (χ2v) is 6.32. The standard InChI is InChI=1S/C24H20O3/c1-26-22-17-21(23(27-22)18-11-5-2-6-12-18)24(25,19-13-7-3-8-14-19)20-15-9-4-10-16-20/h2-17,25H,1H3. The first-order valence-corrected chi connectivity index (χ1v) is 8.80. The van der Waals surface area contributed by atoms with Gasteiger partial charge >= 0.3 is 0 Å². The number of aliphatic hydroxyl groups is 1. The van der Waals surface area contributed by atoms with E-state index in [1.165, 1.54) is 0 Å². The van der Waals surface area contributed by atoms with Crippen LogP contribution in [-0.4, -0.2) is 12.2 Å². The zero-order valence-electron chi connectivity index (χ0n) is 15.0. The molecule has 0 saturated heterocycles. The molecule has 3 aromatic carbocycles. The lowest BCUT2D eigenvalue weighted by atomic mass is 9.79. The highest BCUT2D eigenvalue weighted by molar-refractivity contribution is 5.67. The van der Waals surface area contributed by atoms with Gasteiger partial charge < -0.3 is 14.3 Å². The summed E-state index contributed by atoms with van der Waals surface area (Å²) in [7, 11) is 1.56. The smallest absolute Gasteiger partial charge is 0.284 e. The maximum Gasteiger partial charge on any atom is 0.284 e. The van der Waals surface area contributed by atoms with Gasteiger partial charge in [-0.05, 0) is 11.1 Å². The molecule has 0 amide bonds. The Morgan fingerprint density at radius 3 is 1.70 bits per heavy atom. The van der Waals surface area contributed by atoms with Gasteiger partial charge in [0.15, 0.2) is 0 Å². The third-order valence-electron chi connectivity index (χ3n) is 4.72. The molecule has 0 unspecified atom stereocenters. The van der Waals surface area contributed by atoms with E-state index in [4.69, 9.17) is 9.15 Å². The average Bonchev–Trinajstić information content (AvgIpc) is 3.20. The topological polar surface area (TPSA) is 42.6 Å². The number of benzene rings is 3. The quantitative estimate of drug-likeness (QED) is 0.532. The van der Waals surface area contributed by atoms with Crippen LogP contribution < -0.4 is 4.74 Å². The van der Waals surface area contributed by atoms with Gasteiger partial charge in [-0.3, -0.25) is 0 Å². The second-order valence-electron chi connectivity index (χ2n) is 6.32. The van der Waals surface area contributed by atoms with Crippen molar-refractivity contribution >= 4 is 0 Å². The molecule has 3 nitrogen and oxygen atoms in total. The summed E-state index contributed by atoms with van der Waals surface area (Å²) in [6.07, 6.45) is 0. The van der Waals surface area contributed by atoms with Crippen LogP contribution in [0.5, 0.6) is 5.95 Å². The van der Waals surface area contributed by atoms with E-state index < -0.39 is 5.60 Å². The maximum absolute atomic E-state index is 12.1. The summed E-state index contributed by atoms with van der Waals surface area (Å²) in [4.78, 5) is 0. The van der Waals surface area contributed by atoms with Gasteiger partial charge in [-0.25, -0.2) is 0 Å². The fourth-order valence-electron chi connectivity index (χ4n) is 3.38. The van der Waals surface area contributed by atoms with Crippen LogP contribution in [0.15, 0.2) is 101 Å². The van der Waals surface area contributed by atoms with Crippen LogP contribution in [0.4, 0.5) is 0 Å². The maximum atomic E-state index is 12.1. The molecule has 4 aromatic rings. The molecule has 0 saturated carbocycles. The molecule has 1 N–H and O–H groups in total. The minimum Gasteiger partial charge on any atom is -0.468 e.